The standard InChI is InChI=1S/C17H21FN2/c1-20(13-14-6-5-9-16(18)12-14)17(10-11-19)15-7-3-2-4-8-15/h2-9,12,17H,10-11,13,19H2,1H3. The molecule has 0 saturated heterocycles. The van der Waals surface area contributed by atoms with E-state index >= 15 is 0 Å². The highest BCUT2D eigenvalue weighted by molar-refractivity contribution is 5.20. The van der Waals surface area contributed by atoms with Gasteiger partial charge in [-0.25, -0.2) is 4.39 Å². The van der Waals surface area contributed by atoms with E-state index in [0.29, 0.717) is 13.1 Å². The molecule has 1 atom stereocenters. The van der Waals surface area contributed by atoms with Crippen LogP contribution < -0.4 is 5.73 Å². The number of nitrogens with zero attached hydrogens (tertiary/aromatic N) is 1. The summed E-state index contributed by atoms with van der Waals surface area (Å²) in [6.07, 6.45) is 0.885. The Morgan fingerprint density at radius 1 is 1.10 bits per heavy atom. The summed E-state index contributed by atoms with van der Waals surface area (Å²) in [5.41, 5.74) is 7.96. The number of rotatable bonds is 6. The topological polar surface area (TPSA) is 29.3 Å². The van der Waals surface area contributed by atoms with Gasteiger partial charge in [-0.3, -0.25) is 4.90 Å². The van der Waals surface area contributed by atoms with Gasteiger partial charge in [-0.2, -0.15) is 0 Å². The van der Waals surface area contributed by atoms with Crippen LogP contribution in [0.5, 0.6) is 0 Å². The zero-order valence-corrected chi connectivity index (χ0v) is 11.8. The van der Waals surface area contributed by atoms with Crippen molar-refractivity contribution in [3.8, 4) is 0 Å². The van der Waals surface area contributed by atoms with Gasteiger partial charge in [-0.05, 0) is 43.3 Å². The molecule has 0 aliphatic rings. The van der Waals surface area contributed by atoms with Crippen LogP contribution in [0.4, 0.5) is 4.39 Å². The summed E-state index contributed by atoms with van der Waals surface area (Å²) in [7, 11) is 2.05. The molecule has 20 heavy (non-hydrogen) atoms. The van der Waals surface area contributed by atoms with Crippen LogP contribution in [0.2, 0.25) is 0 Å². The Kier molecular flexibility index (Phi) is 5.27. The van der Waals surface area contributed by atoms with E-state index < -0.39 is 0 Å². The van der Waals surface area contributed by atoms with Crippen molar-refractivity contribution in [1.29, 1.82) is 0 Å². The van der Waals surface area contributed by atoms with E-state index in [1.165, 1.54) is 11.6 Å². The smallest absolute Gasteiger partial charge is 0.123 e. The van der Waals surface area contributed by atoms with Crippen LogP contribution in [-0.2, 0) is 6.54 Å². The Morgan fingerprint density at radius 2 is 1.85 bits per heavy atom. The minimum Gasteiger partial charge on any atom is -0.330 e. The van der Waals surface area contributed by atoms with Gasteiger partial charge in [-0.1, -0.05) is 42.5 Å². The van der Waals surface area contributed by atoms with Crippen molar-refractivity contribution in [2.45, 2.75) is 19.0 Å². The van der Waals surface area contributed by atoms with Crippen LogP contribution in [0.25, 0.3) is 0 Å². The molecule has 3 heteroatoms. The maximum atomic E-state index is 13.3. The summed E-state index contributed by atoms with van der Waals surface area (Å²) in [5, 5.41) is 0. The first-order valence-electron chi connectivity index (χ1n) is 6.90. The van der Waals surface area contributed by atoms with E-state index in [-0.39, 0.29) is 11.9 Å². The summed E-state index contributed by atoms with van der Waals surface area (Å²) in [6.45, 7) is 1.34. The van der Waals surface area contributed by atoms with Crippen molar-refractivity contribution < 1.29 is 4.39 Å². The molecule has 2 N–H and O–H groups in total. The molecule has 1 unspecified atom stereocenters. The molecule has 0 aliphatic carbocycles. The van der Waals surface area contributed by atoms with E-state index in [1.54, 1.807) is 12.1 Å². The monoisotopic (exact) mass is 272 g/mol. The minimum absolute atomic E-state index is 0.189. The predicted octanol–water partition coefficient (Wildman–Crippen LogP) is 3.35. The fraction of sp³-hybridized carbons (Fsp3) is 0.294. The predicted molar refractivity (Wildman–Crippen MR) is 80.7 cm³/mol. The minimum atomic E-state index is -0.189. The maximum absolute atomic E-state index is 13.3. The lowest BCUT2D eigenvalue weighted by atomic mass is 10.0. The van der Waals surface area contributed by atoms with Gasteiger partial charge in [0.2, 0.25) is 0 Å². The lowest BCUT2D eigenvalue weighted by Crippen LogP contribution is -2.26. The average molecular weight is 272 g/mol. The Labute approximate surface area is 120 Å². The molecule has 0 bridgehead atoms. The number of hydrogen-bond donors (Lipinski definition) is 1. The summed E-state index contributed by atoms with van der Waals surface area (Å²) in [4.78, 5) is 2.22. The zero-order valence-electron chi connectivity index (χ0n) is 11.8. The first kappa shape index (κ1) is 14.7. The van der Waals surface area contributed by atoms with Crippen molar-refractivity contribution >= 4 is 0 Å². The summed E-state index contributed by atoms with van der Waals surface area (Å²) >= 11 is 0. The van der Waals surface area contributed by atoms with Crippen LogP contribution in [0.15, 0.2) is 54.6 Å². The molecule has 0 fully saturated rings. The average Bonchev–Trinajstić information content (AvgIpc) is 2.45. The Hall–Kier alpha value is -1.71. The largest absolute Gasteiger partial charge is 0.330 e. The molecule has 0 radical (unpaired) electrons. The highest BCUT2D eigenvalue weighted by Crippen LogP contribution is 2.24. The van der Waals surface area contributed by atoms with Gasteiger partial charge in [0.25, 0.3) is 0 Å². The number of nitrogens with two attached hydrogens (primary N) is 1. The summed E-state index contributed by atoms with van der Waals surface area (Å²) < 4.78 is 13.3. The van der Waals surface area contributed by atoms with Gasteiger partial charge in [0.05, 0.1) is 0 Å². The fourth-order valence-corrected chi connectivity index (χ4v) is 2.51. The Bertz CT molecular complexity index is 528. The Balaban J connectivity index is 2.13. The third kappa shape index (κ3) is 3.89. The van der Waals surface area contributed by atoms with Crippen molar-refractivity contribution in [3.05, 3.63) is 71.5 Å². The Morgan fingerprint density at radius 3 is 2.50 bits per heavy atom. The van der Waals surface area contributed by atoms with Gasteiger partial charge >= 0.3 is 0 Å². The molecule has 2 aromatic rings. The van der Waals surface area contributed by atoms with Gasteiger partial charge < -0.3 is 5.73 Å². The molecule has 0 aliphatic heterocycles. The second kappa shape index (κ2) is 7.17. The normalized spacial score (nSPS) is 12.6. The first-order valence-corrected chi connectivity index (χ1v) is 6.90. The van der Waals surface area contributed by atoms with Gasteiger partial charge in [0, 0.05) is 12.6 Å². The highest BCUT2D eigenvalue weighted by atomic mass is 19.1. The lowest BCUT2D eigenvalue weighted by Gasteiger charge is -2.28. The van der Waals surface area contributed by atoms with Crippen LogP contribution in [0, 0.1) is 5.82 Å². The van der Waals surface area contributed by atoms with Crippen molar-refractivity contribution in [2.75, 3.05) is 13.6 Å². The molecule has 0 amide bonds. The van der Waals surface area contributed by atoms with Crippen LogP contribution in [-0.4, -0.2) is 18.5 Å². The van der Waals surface area contributed by atoms with Crippen molar-refractivity contribution in [3.63, 3.8) is 0 Å². The fourth-order valence-electron chi connectivity index (χ4n) is 2.51. The third-order valence-electron chi connectivity index (χ3n) is 3.48. The molecule has 2 aromatic carbocycles. The van der Waals surface area contributed by atoms with Gasteiger partial charge in [-0.15, -0.1) is 0 Å². The molecule has 0 aromatic heterocycles. The van der Waals surface area contributed by atoms with Crippen LogP contribution in [0.1, 0.15) is 23.6 Å². The molecule has 2 nitrogen and oxygen atoms in total. The van der Waals surface area contributed by atoms with Crippen LogP contribution in [0.3, 0.4) is 0 Å². The molecular formula is C17H21FN2. The maximum Gasteiger partial charge on any atom is 0.123 e. The van der Waals surface area contributed by atoms with E-state index in [0.717, 1.165) is 12.0 Å². The van der Waals surface area contributed by atoms with Gasteiger partial charge in [0.15, 0.2) is 0 Å². The second-order valence-electron chi connectivity index (χ2n) is 5.05. The number of hydrogen-bond acceptors (Lipinski definition) is 2. The zero-order chi connectivity index (χ0) is 14.4. The lowest BCUT2D eigenvalue weighted by molar-refractivity contribution is 0.226. The van der Waals surface area contributed by atoms with Crippen molar-refractivity contribution in [2.24, 2.45) is 5.73 Å². The molecule has 0 spiro atoms. The molecule has 0 heterocycles. The van der Waals surface area contributed by atoms with Gasteiger partial charge in [0.1, 0.15) is 5.82 Å². The summed E-state index contributed by atoms with van der Waals surface area (Å²) in [6, 6.07) is 17.3. The molecular weight excluding hydrogens is 251 g/mol. The summed E-state index contributed by atoms with van der Waals surface area (Å²) in [5.74, 6) is -0.189. The number of halogens is 1. The SMILES string of the molecule is CN(Cc1cccc(F)c1)C(CCN)c1ccccc1. The third-order valence-corrected chi connectivity index (χ3v) is 3.48. The number of benzene rings is 2. The van der Waals surface area contributed by atoms with E-state index in [4.69, 9.17) is 5.73 Å². The molecule has 2 rings (SSSR count). The molecule has 0 saturated carbocycles. The highest BCUT2D eigenvalue weighted by Gasteiger charge is 2.16. The van der Waals surface area contributed by atoms with E-state index in [1.807, 2.05) is 24.3 Å². The first-order chi connectivity index (χ1) is 9.70. The quantitative estimate of drug-likeness (QED) is 0.874. The van der Waals surface area contributed by atoms with Crippen LogP contribution >= 0.6 is 0 Å². The van der Waals surface area contributed by atoms with E-state index in [9.17, 15) is 4.39 Å². The van der Waals surface area contributed by atoms with E-state index in [2.05, 4.69) is 24.1 Å². The van der Waals surface area contributed by atoms with Crippen molar-refractivity contribution in [1.82, 2.24) is 4.90 Å². The molecule has 106 valence electrons. The second-order valence-corrected chi connectivity index (χ2v) is 5.05.